The molecule has 1 aliphatic rings. The normalized spacial score (nSPS) is 12.7. The highest BCUT2D eigenvalue weighted by atomic mass is 15.1. The van der Waals surface area contributed by atoms with E-state index in [0.29, 0.717) is 0 Å². The third-order valence-corrected chi connectivity index (χ3v) is 13.8. The van der Waals surface area contributed by atoms with Crippen LogP contribution in [0.4, 0.5) is 17.1 Å². The van der Waals surface area contributed by atoms with Gasteiger partial charge < -0.3 is 9.47 Å². The molecule has 0 fully saturated rings. The van der Waals surface area contributed by atoms with Crippen molar-refractivity contribution in [3.8, 4) is 27.9 Å². The van der Waals surface area contributed by atoms with E-state index < -0.39 is 5.41 Å². The maximum absolute atomic E-state index is 2.49. The molecule has 0 N–H and O–H groups in total. The van der Waals surface area contributed by atoms with Gasteiger partial charge in [0, 0.05) is 38.9 Å². The van der Waals surface area contributed by atoms with E-state index in [1.165, 1.54) is 82.3 Å². The zero-order valence-corrected chi connectivity index (χ0v) is 35.6. The van der Waals surface area contributed by atoms with Gasteiger partial charge in [0.25, 0.3) is 0 Å². The second kappa shape index (κ2) is 14.8. The van der Waals surface area contributed by atoms with Gasteiger partial charge in [-0.05, 0) is 109 Å². The summed E-state index contributed by atoms with van der Waals surface area (Å²) < 4.78 is 2.49. The molecular weight excluding hydrogens is 785 g/mol. The predicted molar refractivity (Wildman–Crippen MR) is 273 cm³/mol. The lowest BCUT2D eigenvalue weighted by Crippen LogP contribution is -2.28. The number of hydrogen-bond donors (Lipinski definition) is 0. The first kappa shape index (κ1) is 37.1. The minimum absolute atomic E-state index is 0.525. The summed E-state index contributed by atoms with van der Waals surface area (Å²) >= 11 is 0. The average molecular weight is 827 g/mol. The first-order valence-electron chi connectivity index (χ1n) is 22.5. The van der Waals surface area contributed by atoms with Gasteiger partial charge in [-0.2, -0.15) is 0 Å². The maximum atomic E-state index is 2.49. The Bertz CT molecular complexity index is 3720. The molecule has 304 valence electrons. The summed E-state index contributed by atoms with van der Waals surface area (Å²) in [5, 5.41) is 7.33. The van der Waals surface area contributed by atoms with E-state index >= 15 is 0 Å². The van der Waals surface area contributed by atoms with Crippen molar-refractivity contribution in [3.05, 3.63) is 277 Å². The topological polar surface area (TPSA) is 8.17 Å². The van der Waals surface area contributed by atoms with Crippen molar-refractivity contribution >= 4 is 60.4 Å². The van der Waals surface area contributed by atoms with Crippen molar-refractivity contribution < 1.29 is 0 Å². The highest BCUT2D eigenvalue weighted by Crippen LogP contribution is 2.57. The lowest BCUT2D eigenvalue weighted by Gasteiger charge is -2.35. The van der Waals surface area contributed by atoms with Gasteiger partial charge in [0.05, 0.1) is 16.4 Å². The van der Waals surface area contributed by atoms with Gasteiger partial charge in [0.15, 0.2) is 0 Å². The Morgan fingerprint density at radius 3 is 1.63 bits per heavy atom. The third kappa shape index (κ3) is 5.74. The molecule has 1 aromatic heterocycles. The van der Waals surface area contributed by atoms with Gasteiger partial charge in [0.1, 0.15) is 0 Å². The number of nitrogens with zero attached hydrogens (tertiary/aromatic N) is 2. The summed E-state index contributed by atoms with van der Waals surface area (Å²) in [6, 6.07) is 94.0. The number of anilines is 3. The van der Waals surface area contributed by atoms with Crippen LogP contribution in [-0.2, 0) is 5.41 Å². The molecule has 11 aromatic carbocycles. The van der Waals surface area contributed by atoms with Crippen molar-refractivity contribution in [1.82, 2.24) is 4.57 Å². The van der Waals surface area contributed by atoms with Crippen LogP contribution in [-0.4, -0.2) is 4.57 Å². The Hall–Kier alpha value is -8.46. The number of benzene rings is 11. The third-order valence-electron chi connectivity index (χ3n) is 13.8. The molecule has 1 heterocycles. The minimum atomic E-state index is -0.525. The Kier molecular flexibility index (Phi) is 8.47. The zero-order valence-electron chi connectivity index (χ0n) is 35.6. The van der Waals surface area contributed by atoms with Crippen LogP contribution in [0, 0.1) is 0 Å². The van der Waals surface area contributed by atoms with E-state index in [9.17, 15) is 0 Å². The lowest BCUT2D eigenvalue weighted by atomic mass is 9.67. The molecule has 0 radical (unpaired) electrons. The molecule has 13 rings (SSSR count). The molecule has 0 saturated heterocycles. The summed E-state index contributed by atoms with van der Waals surface area (Å²) in [5.74, 6) is 0. The van der Waals surface area contributed by atoms with E-state index in [2.05, 4.69) is 264 Å². The number of aromatic nitrogens is 1. The van der Waals surface area contributed by atoms with Gasteiger partial charge in [-0.15, -0.1) is 0 Å². The largest absolute Gasteiger partial charge is 0.310 e. The molecule has 0 spiro atoms. The molecule has 0 saturated carbocycles. The minimum Gasteiger partial charge on any atom is -0.310 e. The van der Waals surface area contributed by atoms with Crippen molar-refractivity contribution in [3.63, 3.8) is 0 Å². The number of rotatable bonds is 7. The van der Waals surface area contributed by atoms with Crippen LogP contribution in [0.2, 0.25) is 0 Å². The summed E-state index contributed by atoms with van der Waals surface area (Å²) in [5.41, 5.74) is 16.3. The molecule has 0 unspecified atom stereocenters. The SMILES string of the molecule is c1ccc(-c2ccc(-n3c4cc(N(c5ccc6c(c5)C(c5ccccc5)(c5ccccc5)c5ccccc5-6)c5ccc6ccccc6c5)ccc4c4ccc5ccccc5c43)cc2)cc1. The van der Waals surface area contributed by atoms with Crippen LogP contribution in [0.3, 0.4) is 0 Å². The molecule has 0 amide bonds. The molecule has 0 bridgehead atoms. The number of hydrogen-bond acceptors (Lipinski definition) is 1. The Balaban J connectivity index is 1.08. The van der Waals surface area contributed by atoms with Crippen molar-refractivity contribution in [2.75, 3.05) is 4.90 Å². The van der Waals surface area contributed by atoms with Crippen LogP contribution in [0.1, 0.15) is 22.3 Å². The van der Waals surface area contributed by atoms with Crippen LogP contribution < -0.4 is 4.90 Å². The molecule has 12 aromatic rings. The lowest BCUT2D eigenvalue weighted by molar-refractivity contribution is 0.768. The van der Waals surface area contributed by atoms with E-state index in [1.54, 1.807) is 0 Å². The average Bonchev–Trinajstić information content (AvgIpc) is 3.88. The Morgan fingerprint density at radius 1 is 0.323 bits per heavy atom. The van der Waals surface area contributed by atoms with Crippen LogP contribution in [0.15, 0.2) is 255 Å². The summed E-state index contributed by atoms with van der Waals surface area (Å²) in [4.78, 5) is 2.47. The fourth-order valence-corrected chi connectivity index (χ4v) is 10.9. The monoisotopic (exact) mass is 826 g/mol. The molecular formula is C63H42N2. The smallest absolute Gasteiger partial charge is 0.0714 e. The molecule has 0 aliphatic heterocycles. The fourth-order valence-electron chi connectivity index (χ4n) is 10.9. The highest BCUT2D eigenvalue weighted by Gasteiger charge is 2.46. The molecule has 65 heavy (non-hydrogen) atoms. The van der Waals surface area contributed by atoms with Crippen molar-refractivity contribution in [1.29, 1.82) is 0 Å². The number of fused-ring (bicyclic) bond motifs is 9. The first-order valence-corrected chi connectivity index (χ1v) is 22.5. The van der Waals surface area contributed by atoms with Crippen LogP contribution >= 0.6 is 0 Å². The summed E-state index contributed by atoms with van der Waals surface area (Å²) in [6.07, 6.45) is 0. The van der Waals surface area contributed by atoms with E-state index in [4.69, 9.17) is 0 Å². The predicted octanol–water partition coefficient (Wildman–Crippen LogP) is 16.6. The van der Waals surface area contributed by atoms with Crippen LogP contribution in [0.25, 0.3) is 71.3 Å². The molecule has 1 aliphatic carbocycles. The summed E-state index contributed by atoms with van der Waals surface area (Å²) in [7, 11) is 0. The Morgan fingerprint density at radius 2 is 0.862 bits per heavy atom. The molecule has 2 heteroatoms. The molecule has 0 atom stereocenters. The fraction of sp³-hybridized carbons (Fsp3) is 0.0159. The van der Waals surface area contributed by atoms with Crippen LogP contribution in [0.5, 0.6) is 0 Å². The van der Waals surface area contributed by atoms with E-state index in [0.717, 1.165) is 28.3 Å². The first-order chi connectivity index (χ1) is 32.2. The van der Waals surface area contributed by atoms with Gasteiger partial charge in [0.2, 0.25) is 0 Å². The quantitative estimate of drug-likeness (QED) is 0.155. The van der Waals surface area contributed by atoms with Gasteiger partial charge in [-0.1, -0.05) is 206 Å². The Labute approximate surface area is 378 Å². The highest BCUT2D eigenvalue weighted by molar-refractivity contribution is 6.19. The van der Waals surface area contributed by atoms with Gasteiger partial charge in [-0.3, -0.25) is 0 Å². The van der Waals surface area contributed by atoms with E-state index in [-0.39, 0.29) is 0 Å². The van der Waals surface area contributed by atoms with E-state index in [1.807, 2.05) is 0 Å². The second-order valence-corrected chi connectivity index (χ2v) is 17.3. The van der Waals surface area contributed by atoms with Gasteiger partial charge >= 0.3 is 0 Å². The maximum Gasteiger partial charge on any atom is 0.0714 e. The zero-order chi connectivity index (χ0) is 42.9. The molecule has 2 nitrogen and oxygen atoms in total. The van der Waals surface area contributed by atoms with Crippen molar-refractivity contribution in [2.45, 2.75) is 5.41 Å². The van der Waals surface area contributed by atoms with Crippen molar-refractivity contribution in [2.24, 2.45) is 0 Å². The second-order valence-electron chi connectivity index (χ2n) is 17.3. The summed E-state index contributed by atoms with van der Waals surface area (Å²) in [6.45, 7) is 0. The standard InChI is InChI=1S/C63H42N2/c1-4-16-43(17-5-1)45-28-32-50(33-29-45)65-61-42-53(36-39-57(61)58-37-31-46-19-12-13-25-54(46)62(58)65)64(51-34-30-44-18-10-11-20-47(44)40-51)52-35-38-56-55-26-14-15-27-59(55)63(60(56)41-52,48-21-6-2-7-22-48)49-23-8-3-9-24-49/h1-42H. The van der Waals surface area contributed by atoms with Gasteiger partial charge in [-0.25, -0.2) is 0 Å².